The lowest BCUT2D eigenvalue weighted by Crippen LogP contribution is -2.45. The van der Waals surface area contributed by atoms with Crippen molar-refractivity contribution in [2.24, 2.45) is 4.99 Å². The molecule has 1 saturated heterocycles. The molecule has 1 unspecified atom stereocenters. The zero-order valence-electron chi connectivity index (χ0n) is 20.0. The normalized spacial score (nSPS) is 16.7. The molecule has 0 saturated carbocycles. The summed E-state index contributed by atoms with van der Waals surface area (Å²) < 4.78 is 18.8. The number of nitrogens with one attached hydrogen (secondary N) is 1. The Morgan fingerprint density at radius 2 is 1.81 bits per heavy atom. The smallest absolute Gasteiger partial charge is 0.238 e. The number of hydrogen-bond acceptors (Lipinski definition) is 5. The number of amides is 2. The highest BCUT2D eigenvalue weighted by molar-refractivity contribution is 8.15. The molecule has 3 aromatic carbocycles. The molecule has 1 aliphatic heterocycles. The summed E-state index contributed by atoms with van der Waals surface area (Å²) in [6, 6.07) is 22.9. The number of halogens is 1. The van der Waals surface area contributed by atoms with Crippen LogP contribution in [0.2, 0.25) is 0 Å². The molecule has 2 amide bonds. The first-order chi connectivity index (χ1) is 17.5. The van der Waals surface area contributed by atoms with Crippen molar-refractivity contribution in [3.63, 3.8) is 0 Å². The fraction of sp³-hybridized carbons (Fsp3) is 0.250. The Balaban J connectivity index is 1.48. The van der Waals surface area contributed by atoms with Crippen molar-refractivity contribution >= 4 is 40.1 Å². The number of nitrogens with zero attached hydrogens (tertiary/aromatic N) is 2. The maximum atomic E-state index is 13.4. The molecule has 1 heterocycles. The molecule has 8 heteroatoms. The highest BCUT2D eigenvalue weighted by Gasteiger charge is 2.35. The number of carbonyl (C=O) groups is 2. The van der Waals surface area contributed by atoms with E-state index in [1.807, 2.05) is 25.1 Å². The molecule has 36 heavy (non-hydrogen) atoms. The van der Waals surface area contributed by atoms with Gasteiger partial charge in [0.25, 0.3) is 0 Å². The van der Waals surface area contributed by atoms with Gasteiger partial charge in [-0.15, -0.1) is 0 Å². The predicted octanol–water partition coefficient (Wildman–Crippen LogP) is 5.82. The monoisotopic (exact) mass is 505 g/mol. The summed E-state index contributed by atoms with van der Waals surface area (Å²) in [4.78, 5) is 32.4. The van der Waals surface area contributed by atoms with Gasteiger partial charge in [-0.05, 0) is 73.9 Å². The minimum atomic E-state index is -0.631. The lowest BCUT2D eigenvalue weighted by atomic mass is 10.1. The molecule has 6 nitrogen and oxygen atoms in total. The van der Waals surface area contributed by atoms with E-state index in [0.29, 0.717) is 29.7 Å². The molecule has 1 N–H and O–H groups in total. The minimum Gasteiger partial charge on any atom is -0.494 e. The van der Waals surface area contributed by atoms with E-state index in [2.05, 4.69) is 22.4 Å². The van der Waals surface area contributed by atoms with Gasteiger partial charge in [-0.25, -0.2) is 9.38 Å². The Kier molecular flexibility index (Phi) is 8.73. The van der Waals surface area contributed by atoms with E-state index in [9.17, 15) is 14.0 Å². The van der Waals surface area contributed by atoms with Crippen molar-refractivity contribution in [1.29, 1.82) is 0 Å². The molecule has 0 spiro atoms. The number of aliphatic imine (C=N–C) groups is 1. The quantitative estimate of drug-likeness (QED) is 0.398. The van der Waals surface area contributed by atoms with Crippen molar-refractivity contribution in [3.05, 3.63) is 90.2 Å². The molecule has 186 valence electrons. The van der Waals surface area contributed by atoms with Crippen LogP contribution in [-0.4, -0.2) is 40.3 Å². The van der Waals surface area contributed by atoms with Gasteiger partial charge in [0.1, 0.15) is 16.8 Å². The van der Waals surface area contributed by atoms with Crippen molar-refractivity contribution in [1.82, 2.24) is 4.90 Å². The Labute approximate surface area is 214 Å². The van der Waals surface area contributed by atoms with Crippen LogP contribution in [-0.2, 0) is 16.0 Å². The number of hydrogen-bond donors (Lipinski definition) is 1. The van der Waals surface area contributed by atoms with Crippen LogP contribution in [0.5, 0.6) is 5.75 Å². The van der Waals surface area contributed by atoms with Gasteiger partial charge in [0.15, 0.2) is 5.17 Å². The topological polar surface area (TPSA) is 71.0 Å². The van der Waals surface area contributed by atoms with Crippen molar-refractivity contribution in [2.75, 3.05) is 18.5 Å². The number of amidine groups is 1. The Morgan fingerprint density at radius 3 is 2.50 bits per heavy atom. The third kappa shape index (κ3) is 6.95. The van der Waals surface area contributed by atoms with E-state index in [1.54, 1.807) is 41.3 Å². The van der Waals surface area contributed by atoms with Crippen LogP contribution in [0.1, 0.15) is 25.3 Å². The molecule has 0 radical (unpaired) electrons. The first kappa shape index (κ1) is 25.4. The van der Waals surface area contributed by atoms with Gasteiger partial charge >= 0.3 is 0 Å². The van der Waals surface area contributed by atoms with Crippen LogP contribution in [0, 0.1) is 5.82 Å². The molecule has 4 rings (SSSR count). The van der Waals surface area contributed by atoms with E-state index in [0.717, 1.165) is 18.6 Å². The highest BCUT2D eigenvalue weighted by Crippen LogP contribution is 2.30. The van der Waals surface area contributed by atoms with Crippen LogP contribution in [0.3, 0.4) is 0 Å². The lowest BCUT2D eigenvalue weighted by molar-refractivity contribution is -0.129. The zero-order valence-corrected chi connectivity index (χ0v) is 20.8. The van der Waals surface area contributed by atoms with Gasteiger partial charge in [0.2, 0.25) is 11.8 Å². The number of benzene rings is 3. The van der Waals surface area contributed by atoms with Crippen LogP contribution in [0.25, 0.3) is 0 Å². The predicted molar refractivity (Wildman–Crippen MR) is 142 cm³/mol. The molecule has 0 aromatic heterocycles. The zero-order chi connectivity index (χ0) is 25.3. The van der Waals surface area contributed by atoms with Crippen molar-refractivity contribution in [2.45, 2.75) is 31.4 Å². The van der Waals surface area contributed by atoms with E-state index in [1.165, 1.54) is 29.5 Å². The average Bonchev–Trinajstić information content (AvgIpc) is 2.88. The van der Waals surface area contributed by atoms with Crippen LogP contribution in [0.4, 0.5) is 15.8 Å². The third-order valence-corrected chi connectivity index (χ3v) is 6.79. The first-order valence-electron chi connectivity index (χ1n) is 11.9. The maximum absolute atomic E-state index is 13.4. The standard InChI is InChI=1S/C28H28FN3O3S/c1-2-35-24-16-14-22(15-17-24)30-27(34)25-19-26(33)32(18-6-9-20-7-4-3-5-8-20)28(36-25)31-23-12-10-21(29)11-13-23/h3-5,7-8,10-17,25H,2,6,9,18-19H2,1H3,(H,30,34). The van der Waals surface area contributed by atoms with Crippen LogP contribution < -0.4 is 10.1 Å². The summed E-state index contributed by atoms with van der Waals surface area (Å²) in [7, 11) is 0. The number of anilines is 1. The van der Waals surface area contributed by atoms with Crippen LogP contribution >= 0.6 is 11.8 Å². The van der Waals surface area contributed by atoms with E-state index >= 15 is 0 Å². The van der Waals surface area contributed by atoms with Gasteiger partial charge in [0.05, 0.1) is 12.3 Å². The molecular formula is C28H28FN3O3S. The Morgan fingerprint density at radius 1 is 1.08 bits per heavy atom. The average molecular weight is 506 g/mol. The van der Waals surface area contributed by atoms with Gasteiger partial charge in [-0.1, -0.05) is 42.1 Å². The number of thioether (sulfide) groups is 1. The third-order valence-electron chi connectivity index (χ3n) is 5.61. The van der Waals surface area contributed by atoms with Gasteiger partial charge in [-0.3, -0.25) is 14.5 Å². The second-order valence-electron chi connectivity index (χ2n) is 8.26. The Hall–Kier alpha value is -3.65. The molecule has 3 aromatic rings. The minimum absolute atomic E-state index is 0.0707. The van der Waals surface area contributed by atoms with Gasteiger partial charge in [-0.2, -0.15) is 0 Å². The lowest BCUT2D eigenvalue weighted by Gasteiger charge is -2.32. The largest absolute Gasteiger partial charge is 0.494 e. The SMILES string of the molecule is CCOc1ccc(NC(=O)C2CC(=O)N(CCCc3ccccc3)C(=Nc3ccc(F)cc3)S2)cc1. The molecular weight excluding hydrogens is 477 g/mol. The van der Waals surface area contributed by atoms with E-state index < -0.39 is 5.25 Å². The first-order valence-corrected chi connectivity index (χ1v) is 12.8. The molecule has 0 bridgehead atoms. The summed E-state index contributed by atoms with van der Waals surface area (Å²) in [5, 5.41) is 2.69. The summed E-state index contributed by atoms with van der Waals surface area (Å²) in [6.45, 7) is 2.95. The van der Waals surface area contributed by atoms with Gasteiger partial charge < -0.3 is 10.1 Å². The fourth-order valence-electron chi connectivity index (χ4n) is 3.80. The molecule has 1 fully saturated rings. The number of ether oxygens (including phenoxy) is 1. The van der Waals surface area contributed by atoms with Crippen molar-refractivity contribution in [3.8, 4) is 5.75 Å². The summed E-state index contributed by atoms with van der Waals surface area (Å²) in [5.41, 5.74) is 2.34. The fourth-order valence-corrected chi connectivity index (χ4v) is 4.92. The van der Waals surface area contributed by atoms with E-state index in [-0.39, 0.29) is 24.1 Å². The second kappa shape index (κ2) is 12.4. The summed E-state index contributed by atoms with van der Waals surface area (Å²) in [5.74, 6) is -0.0704. The molecule has 0 aliphatic carbocycles. The van der Waals surface area contributed by atoms with E-state index in [4.69, 9.17) is 4.74 Å². The maximum Gasteiger partial charge on any atom is 0.238 e. The second-order valence-corrected chi connectivity index (χ2v) is 9.43. The number of rotatable bonds is 9. The number of carbonyl (C=O) groups excluding carboxylic acids is 2. The van der Waals surface area contributed by atoms with Crippen molar-refractivity contribution < 1.29 is 18.7 Å². The van der Waals surface area contributed by atoms with Gasteiger partial charge in [0, 0.05) is 18.7 Å². The molecule has 1 atom stereocenters. The summed E-state index contributed by atoms with van der Waals surface area (Å²) in [6.07, 6.45) is 1.64. The highest BCUT2D eigenvalue weighted by atomic mass is 32.2. The molecule has 1 aliphatic rings. The number of aryl methyl sites for hydroxylation is 1. The Bertz CT molecular complexity index is 1200. The van der Waals surface area contributed by atoms with Crippen LogP contribution in [0.15, 0.2) is 83.9 Å². The summed E-state index contributed by atoms with van der Waals surface area (Å²) >= 11 is 1.25.